The minimum absolute atomic E-state index is 0.358. The Hall–Kier alpha value is -2.46. The van der Waals surface area contributed by atoms with E-state index >= 15 is 0 Å². The van der Waals surface area contributed by atoms with Crippen molar-refractivity contribution in [2.45, 2.75) is 30.0 Å². The molecule has 3 aromatic rings. The predicted molar refractivity (Wildman–Crippen MR) is 124 cm³/mol. The number of primary amides is 1. The second-order valence-electron chi connectivity index (χ2n) is 8.05. The summed E-state index contributed by atoms with van der Waals surface area (Å²) in [4.78, 5) is 17.4. The Bertz CT molecular complexity index is 1100. The molecule has 0 spiro atoms. The quantitative estimate of drug-likeness (QED) is 0.417. The summed E-state index contributed by atoms with van der Waals surface area (Å²) in [5, 5.41) is 3.37. The monoisotopic (exact) mass is 551 g/mol. The Morgan fingerprint density at radius 2 is 1.66 bits per heavy atom. The van der Waals surface area contributed by atoms with Gasteiger partial charge in [-0.15, -0.1) is 0 Å². The number of carbonyl (C=O) groups is 1. The standard InChI is InChI=1S/C24H21F3IN3O/c25-24(26,27)18-8-6-16(7-9-18)22(12-13-22)15-31-23(21(29)32,17-4-2-1-3-5-17)20-11-10-19(28)14-30-20/h1-11,14,31H,12-13,15H2,(H2,29,32). The molecule has 1 atom stereocenters. The first-order valence-corrected chi connectivity index (χ1v) is 11.2. The highest BCUT2D eigenvalue weighted by molar-refractivity contribution is 14.1. The Morgan fingerprint density at radius 3 is 2.16 bits per heavy atom. The Kier molecular flexibility index (Phi) is 6.02. The molecule has 166 valence electrons. The molecule has 4 nitrogen and oxygen atoms in total. The second kappa shape index (κ2) is 8.47. The molecule has 32 heavy (non-hydrogen) atoms. The molecule has 1 aromatic heterocycles. The highest BCUT2D eigenvalue weighted by atomic mass is 127. The van der Waals surface area contributed by atoms with Gasteiger partial charge in [0.15, 0.2) is 5.54 Å². The first kappa shape index (κ1) is 22.7. The highest BCUT2D eigenvalue weighted by Crippen LogP contribution is 2.49. The van der Waals surface area contributed by atoms with E-state index in [0.717, 1.165) is 34.1 Å². The van der Waals surface area contributed by atoms with Crippen molar-refractivity contribution >= 4 is 28.5 Å². The summed E-state index contributed by atoms with van der Waals surface area (Å²) in [5.74, 6) is -0.597. The van der Waals surface area contributed by atoms with Crippen molar-refractivity contribution in [2.75, 3.05) is 6.54 Å². The summed E-state index contributed by atoms with van der Waals surface area (Å²) >= 11 is 2.14. The van der Waals surface area contributed by atoms with Crippen LogP contribution < -0.4 is 11.1 Å². The largest absolute Gasteiger partial charge is 0.416 e. The van der Waals surface area contributed by atoms with E-state index in [4.69, 9.17) is 5.73 Å². The molecular formula is C24H21F3IN3O. The number of benzene rings is 2. The summed E-state index contributed by atoms with van der Waals surface area (Å²) < 4.78 is 39.8. The number of alkyl halides is 3. The molecule has 1 aliphatic carbocycles. The van der Waals surface area contributed by atoms with Crippen LogP contribution in [0.4, 0.5) is 13.2 Å². The van der Waals surface area contributed by atoms with Crippen molar-refractivity contribution in [1.82, 2.24) is 10.3 Å². The van der Waals surface area contributed by atoms with Crippen LogP contribution >= 0.6 is 22.6 Å². The first-order valence-electron chi connectivity index (χ1n) is 10.1. The van der Waals surface area contributed by atoms with Crippen molar-refractivity contribution in [3.05, 3.63) is 98.9 Å². The molecule has 1 fully saturated rings. The van der Waals surface area contributed by atoms with E-state index in [1.165, 1.54) is 12.1 Å². The van der Waals surface area contributed by atoms with Gasteiger partial charge in [-0.25, -0.2) is 0 Å². The fourth-order valence-electron chi connectivity index (χ4n) is 4.01. The number of nitrogens with one attached hydrogen (secondary N) is 1. The van der Waals surface area contributed by atoms with Crippen molar-refractivity contribution in [1.29, 1.82) is 0 Å². The maximum Gasteiger partial charge on any atom is 0.416 e. The van der Waals surface area contributed by atoms with E-state index in [1.54, 1.807) is 12.3 Å². The van der Waals surface area contributed by atoms with Gasteiger partial charge in [0.2, 0.25) is 5.91 Å². The van der Waals surface area contributed by atoms with Gasteiger partial charge in [-0.1, -0.05) is 42.5 Å². The summed E-state index contributed by atoms with van der Waals surface area (Å²) in [6.45, 7) is 0.365. The number of nitrogens with two attached hydrogens (primary N) is 1. The average Bonchev–Trinajstić information content (AvgIpc) is 3.56. The molecule has 0 saturated heterocycles. The molecular weight excluding hydrogens is 530 g/mol. The van der Waals surface area contributed by atoms with E-state index in [2.05, 4.69) is 32.9 Å². The number of pyridine rings is 1. The second-order valence-corrected chi connectivity index (χ2v) is 9.30. The van der Waals surface area contributed by atoms with Gasteiger partial charge < -0.3 is 5.73 Å². The maximum absolute atomic E-state index is 13.0. The van der Waals surface area contributed by atoms with E-state index < -0.39 is 23.2 Å². The van der Waals surface area contributed by atoms with Crippen LogP contribution in [0.15, 0.2) is 72.9 Å². The number of aromatic nitrogens is 1. The number of carbonyl (C=O) groups excluding carboxylic acids is 1. The first-order chi connectivity index (χ1) is 15.2. The summed E-state index contributed by atoms with van der Waals surface area (Å²) in [6.07, 6.45) is -1.11. The van der Waals surface area contributed by atoms with Crippen LogP contribution in [0, 0.1) is 3.57 Å². The molecule has 0 bridgehead atoms. The molecule has 0 radical (unpaired) electrons. The maximum atomic E-state index is 13.0. The zero-order chi connectivity index (χ0) is 23.0. The molecule has 4 rings (SSSR count). The van der Waals surface area contributed by atoms with Gasteiger partial charge in [0, 0.05) is 21.7 Å². The van der Waals surface area contributed by atoms with Crippen molar-refractivity contribution in [3.63, 3.8) is 0 Å². The van der Waals surface area contributed by atoms with E-state index in [0.29, 0.717) is 17.8 Å². The summed E-state index contributed by atoms with van der Waals surface area (Å²) in [7, 11) is 0. The van der Waals surface area contributed by atoms with Crippen LogP contribution in [-0.2, 0) is 21.9 Å². The van der Waals surface area contributed by atoms with Crippen LogP contribution in [0.3, 0.4) is 0 Å². The van der Waals surface area contributed by atoms with E-state index in [-0.39, 0.29) is 5.41 Å². The Balaban J connectivity index is 1.69. The third kappa shape index (κ3) is 4.25. The Labute approximate surface area is 197 Å². The molecule has 1 unspecified atom stereocenters. The lowest BCUT2D eigenvalue weighted by molar-refractivity contribution is -0.137. The summed E-state index contributed by atoms with van der Waals surface area (Å²) in [5.41, 5.74) is 5.49. The number of hydrogen-bond donors (Lipinski definition) is 2. The third-order valence-electron chi connectivity index (χ3n) is 6.06. The highest BCUT2D eigenvalue weighted by Gasteiger charge is 2.49. The fourth-order valence-corrected chi connectivity index (χ4v) is 4.33. The fraction of sp³-hybridized carbons (Fsp3) is 0.250. The van der Waals surface area contributed by atoms with Crippen molar-refractivity contribution in [3.8, 4) is 0 Å². The van der Waals surface area contributed by atoms with Crippen LogP contribution in [-0.4, -0.2) is 17.4 Å². The van der Waals surface area contributed by atoms with Crippen molar-refractivity contribution < 1.29 is 18.0 Å². The van der Waals surface area contributed by atoms with Crippen LogP contribution in [0.1, 0.15) is 35.2 Å². The topological polar surface area (TPSA) is 68.0 Å². The Morgan fingerprint density at radius 1 is 1.00 bits per heavy atom. The van der Waals surface area contributed by atoms with Gasteiger partial charge in [-0.3, -0.25) is 15.1 Å². The normalized spacial score (nSPS) is 16.9. The van der Waals surface area contributed by atoms with Gasteiger partial charge in [0.25, 0.3) is 0 Å². The molecule has 1 heterocycles. The minimum atomic E-state index is -4.38. The lowest BCUT2D eigenvalue weighted by Gasteiger charge is -2.34. The van der Waals surface area contributed by atoms with Crippen LogP contribution in [0.5, 0.6) is 0 Å². The molecule has 1 amide bonds. The minimum Gasteiger partial charge on any atom is -0.367 e. The lowest BCUT2D eigenvalue weighted by atomic mass is 9.83. The zero-order valence-corrected chi connectivity index (χ0v) is 19.2. The number of halogens is 4. The number of nitrogens with zero attached hydrogens (tertiary/aromatic N) is 1. The molecule has 1 aliphatic rings. The molecule has 1 saturated carbocycles. The van der Waals surface area contributed by atoms with Crippen LogP contribution in [0.25, 0.3) is 0 Å². The van der Waals surface area contributed by atoms with Crippen LogP contribution in [0.2, 0.25) is 0 Å². The molecule has 2 aromatic carbocycles. The van der Waals surface area contributed by atoms with E-state index in [9.17, 15) is 18.0 Å². The van der Waals surface area contributed by atoms with Gasteiger partial charge >= 0.3 is 6.18 Å². The van der Waals surface area contributed by atoms with Gasteiger partial charge in [-0.2, -0.15) is 13.2 Å². The number of hydrogen-bond acceptors (Lipinski definition) is 3. The van der Waals surface area contributed by atoms with Gasteiger partial charge in [-0.05, 0) is 70.8 Å². The lowest BCUT2D eigenvalue weighted by Crippen LogP contribution is -2.55. The molecule has 8 heteroatoms. The van der Waals surface area contributed by atoms with Gasteiger partial charge in [0.05, 0.1) is 11.3 Å². The predicted octanol–water partition coefficient (Wildman–Crippen LogP) is 4.76. The average molecular weight is 551 g/mol. The number of amides is 1. The number of rotatable bonds is 7. The molecule has 3 N–H and O–H groups in total. The summed E-state index contributed by atoms with van der Waals surface area (Å²) in [6, 6.07) is 18.0. The molecule has 0 aliphatic heterocycles. The van der Waals surface area contributed by atoms with E-state index in [1.807, 2.05) is 36.4 Å². The third-order valence-corrected chi connectivity index (χ3v) is 6.70. The smallest absolute Gasteiger partial charge is 0.367 e. The SMILES string of the molecule is NC(=O)C(NCC1(c2ccc(C(F)(F)F)cc2)CC1)(c1ccccc1)c1ccc(I)cn1. The zero-order valence-electron chi connectivity index (χ0n) is 17.0. The van der Waals surface area contributed by atoms with Crippen molar-refractivity contribution in [2.24, 2.45) is 5.73 Å². The van der Waals surface area contributed by atoms with Gasteiger partial charge in [0.1, 0.15) is 0 Å².